The molecule has 1 radical (unpaired) electrons. The summed E-state index contributed by atoms with van der Waals surface area (Å²) in [5.74, 6) is -0.178. The predicted molar refractivity (Wildman–Crippen MR) is 81.0 cm³/mol. The Morgan fingerprint density at radius 3 is 2.18 bits per heavy atom. The van der Waals surface area contributed by atoms with Crippen LogP contribution >= 0.6 is 0 Å². The lowest BCUT2D eigenvalue weighted by Gasteiger charge is -2.36. The highest BCUT2D eigenvalue weighted by Crippen LogP contribution is 2.25. The minimum atomic E-state index is -4.64. The predicted octanol–water partition coefficient (Wildman–Crippen LogP) is 3.71. The first-order valence-electron chi connectivity index (χ1n) is 7.60. The van der Waals surface area contributed by atoms with E-state index in [0.29, 0.717) is 0 Å². The summed E-state index contributed by atoms with van der Waals surface area (Å²) >= 11 is 0. The Bertz CT molecular complexity index is 440. The molecule has 1 heterocycles. The second-order valence-corrected chi connectivity index (χ2v) is 5.43. The van der Waals surface area contributed by atoms with Crippen molar-refractivity contribution in [3.8, 4) is 5.75 Å². The van der Waals surface area contributed by atoms with Gasteiger partial charge in [0.1, 0.15) is 5.75 Å². The number of hydrogen-bond acceptors (Lipinski definition) is 3. The Kier molecular flexibility index (Phi) is 5.94. The SMILES string of the molecule is [CH2]CCCCN1CCN(c2ccc(OC(F)(F)F)cc2)CC1. The number of piperazine rings is 1. The molecule has 0 unspecified atom stereocenters. The molecule has 1 aliphatic rings. The molecule has 22 heavy (non-hydrogen) atoms. The van der Waals surface area contributed by atoms with E-state index in [2.05, 4.69) is 21.5 Å². The number of anilines is 1. The lowest BCUT2D eigenvalue weighted by atomic mass is 10.2. The summed E-state index contributed by atoms with van der Waals surface area (Å²) in [6.07, 6.45) is -1.33. The molecule has 123 valence electrons. The molecular formula is C16H22F3N2O. The summed E-state index contributed by atoms with van der Waals surface area (Å²) in [4.78, 5) is 4.61. The molecular weight excluding hydrogens is 293 g/mol. The quantitative estimate of drug-likeness (QED) is 0.744. The summed E-state index contributed by atoms with van der Waals surface area (Å²) in [5.41, 5.74) is 0.937. The smallest absolute Gasteiger partial charge is 0.406 e. The molecule has 0 atom stereocenters. The molecule has 0 spiro atoms. The Morgan fingerprint density at radius 1 is 1.00 bits per heavy atom. The number of rotatable bonds is 6. The van der Waals surface area contributed by atoms with Crippen LogP contribution < -0.4 is 9.64 Å². The second-order valence-electron chi connectivity index (χ2n) is 5.43. The van der Waals surface area contributed by atoms with Crippen molar-refractivity contribution in [2.45, 2.75) is 25.6 Å². The lowest BCUT2D eigenvalue weighted by molar-refractivity contribution is -0.274. The highest BCUT2D eigenvalue weighted by Gasteiger charge is 2.31. The van der Waals surface area contributed by atoms with Gasteiger partial charge in [0, 0.05) is 31.9 Å². The molecule has 0 aliphatic carbocycles. The number of unbranched alkanes of at least 4 members (excludes halogenated alkanes) is 2. The summed E-state index contributed by atoms with van der Waals surface area (Å²) < 4.78 is 40.3. The van der Waals surface area contributed by atoms with Crippen LogP contribution in [0.15, 0.2) is 24.3 Å². The molecule has 3 nitrogen and oxygen atoms in total. The van der Waals surface area contributed by atoms with Gasteiger partial charge >= 0.3 is 6.36 Å². The van der Waals surface area contributed by atoms with E-state index in [1.54, 1.807) is 12.1 Å². The van der Waals surface area contributed by atoms with Gasteiger partial charge in [-0.1, -0.05) is 19.8 Å². The zero-order valence-electron chi connectivity index (χ0n) is 12.6. The number of benzene rings is 1. The first kappa shape index (κ1) is 16.9. The zero-order chi connectivity index (χ0) is 16.0. The number of halogens is 3. The summed E-state index contributed by atoms with van der Waals surface area (Å²) in [7, 11) is 0. The van der Waals surface area contributed by atoms with Gasteiger partial charge in [-0.15, -0.1) is 13.2 Å². The minimum Gasteiger partial charge on any atom is -0.406 e. The summed E-state index contributed by atoms with van der Waals surface area (Å²) in [6.45, 7) is 8.69. The highest BCUT2D eigenvalue weighted by molar-refractivity contribution is 5.49. The van der Waals surface area contributed by atoms with Crippen molar-refractivity contribution in [3.63, 3.8) is 0 Å². The molecule has 2 rings (SSSR count). The molecule has 1 aliphatic heterocycles. The van der Waals surface area contributed by atoms with Crippen molar-refractivity contribution >= 4 is 5.69 Å². The third-order valence-corrected chi connectivity index (χ3v) is 3.78. The van der Waals surface area contributed by atoms with E-state index in [1.165, 1.54) is 18.6 Å². The molecule has 0 bridgehead atoms. The van der Waals surface area contributed by atoms with Gasteiger partial charge in [0.15, 0.2) is 0 Å². The van der Waals surface area contributed by atoms with Crippen LogP contribution in [0.4, 0.5) is 18.9 Å². The van der Waals surface area contributed by atoms with Crippen LogP contribution in [-0.4, -0.2) is 44.0 Å². The van der Waals surface area contributed by atoms with Crippen LogP contribution in [0.25, 0.3) is 0 Å². The Hall–Kier alpha value is -1.43. The van der Waals surface area contributed by atoms with Gasteiger partial charge < -0.3 is 9.64 Å². The maximum Gasteiger partial charge on any atom is 0.573 e. The van der Waals surface area contributed by atoms with E-state index in [1.807, 2.05) is 0 Å². The fourth-order valence-corrected chi connectivity index (χ4v) is 2.60. The van der Waals surface area contributed by atoms with E-state index >= 15 is 0 Å². The number of nitrogens with zero attached hydrogens (tertiary/aromatic N) is 2. The van der Waals surface area contributed by atoms with Gasteiger partial charge in [-0.25, -0.2) is 0 Å². The van der Waals surface area contributed by atoms with Crippen molar-refractivity contribution in [2.75, 3.05) is 37.6 Å². The van der Waals surface area contributed by atoms with Crippen LogP contribution in [0.5, 0.6) is 5.75 Å². The second kappa shape index (κ2) is 7.72. The fourth-order valence-electron chi connectivity index (χ4n) is 2.60. The minimum absolute atomic E-state index is 0.178. The van der Waals surface area contributed by atoms with Gasteiger partial charge in [0.25, 0.3) is 0 Å². The largest absolute Gasteiger partial charge is 0.573 e. The van der Waals surface area contributed by atoms with Crippen LogP contribution in [0.2, 0.25) is 0 Å². The number of hydrogen-bond donors (Lipinski definition) is 0. The van der Waals surface area contributed by atoms with Crippen LogP contribution in [0, 0.1) is 6.92 Å². The van der Waals surface area contributed by atoms with Gasteiger partial charge in [-0.05, 0) is 37.2 Å². The van der Waals surface area contributed by atoms with E-state index in [0.717, 1.165) is 51.3 Å². The maximum atomic E-state index is 12.1. The molecule has 6 heteroatoms. The monoisotopic (exact) mass is 315 g/mol. The Labute approximate surface area is 129 Å². The van der Waals surface area contributed by atoms with Gasteiger partial charge in [0.2, 0.25) is 0 Å². The first-order valence-corrected chi connectivity index (χ1v) is 7.60. The van der Waals surface area contributed by atoms with Gasteiger partial charge in [-0.2, -0.15) is 0 Å². The van der Waals surface area contributed by atoms with Crippen molar-refractivity contribution in [1.29, 1.82) is 0 Å². The van der Waals surface area contributed by atoms with Gasteiger partial charge in [0.05, 0.1) is 0 Å². The van der Waals surface area contributed by atoms with Crippen molar-refractivity contribution < 1.29 is 17.9 Å². The molecule has 1 aromatic carbocycles. The van der Waals surface area contributed by atoms with E-state index in [9.17, 15) is 13.2 Å². The molecule has 0 aromatic heterocycles. The zero-order valence-corrected chi connectivity index (χ0v) is 12.6. The summed E-state index contributed by atoms with van der Waals surface area (Å²) in [5, 5.41) is 0. The number of ether oxygens (including phenoxy) is 1. The average molecular weight is 315 g/mol. The summed E-state index contributed by atoms with van der Waals surface area (Å²) in [6, 6.07) is 6.09. The van der Waals surface area contributed by atoms with E-state index < -0.39 is 6.36 Å². The molecule has 1 saturated heterocycles. The van der Waals surface area contributed by atoms with Crippen LogP contribution in [0.1, 0.15) is 19.3 Å². The van der Waals surface area contributed by atoms with E-state index in [-0.39, 0.29) is 5.75 Å². The molecule has 0 amide bonds. The van der Waals surface area contributed by atoms with Gasteiger partial charge in [-0.3, -0.25) is 4.90 Å². The first-order chi connectivity index (χ1) is 10.5. The fraction of sp³-hybridized carbons (Fsp3) is 0.562. The molecule has 1 fully saturated rings. The van der Waals surface area contributed by atoms with Crippen molar-refractivity contribution in [3.05, 3.63) is 31.2 Å². The van der Waals surface area contributed by atoms with E-state index in [4.69, 9.17) is 0 Å². The third kappa shape index (κ3) is 5.40. The van der Waals surface area contributed by atoms with Crippen molar-refractivity contribution in [2.24, 2.45) is 0 Å². The molecule has 0 N–H and O–H groups in total. The molecule has 0 saturated carbocycles. The topological polar surface area (TPSA) is 15.7 Å². The highest BCUT2D eigenvalue weighted by atomic mass is 19.4. The number of alkyl halides is 3. The molecule has 1 aromatic rings. The average Bonchev–Trinajstić information content (AvgIpc) is 2.48. The van der Waals surface area contributed by atoms with Crippen LogP contribution in [0.3, 0.4) is 0 Å². The van der Waals surface area contributed by atoms with Crippen LogP contribution in [-0.2, 0) is 0 Å². The lowest BCUT2D eigenvalue weighted by Crippen LogP contribution is -2.46. The van der Waals surface area contributed by atoms with Crippen molar-refractivity contribution in [1.82, 2.24) is 4.90 Å². The third-order valence-electron chi connectivity index (χ3n) is 3.78. The Morgan fingerprint density at radius 2 is 1.64 bits per heavy atom. The standard InChI is InChI=1S/C16H22F3N2O/c1-2-3-4-9-20-10-12-21(13-11-20)14-5-7-15(8-6-14)22-16(17,18)19/h5-8H,1-4,9-13H2. The normalized spacial score (nSPS) is 16.8. The Balaban J connectivity index is 1.81. The maximum absolute atomic E-state index is 12.1.